The third kappa shape index (κ3) is 7.47. The Kier molecular flexibility index (Phi) is 10.1. The van der Waals surface area contributed by atoms with E-state index in [4.69, 9.17) is 0 Å². The van der Waals surface area contributed by atoms with E-state index in [1.165, 1.54) is 107 Å². The van der Waals surface area contributed by atoms with Crippen molar-refractivity contribution in [3.8, 4) is 0 Å². The second-order valence-corrected chi connectivity index (χ2v) is 11.0. The minimum Gasteiger partial charge on any atom is -0.303 e. The Morgan fingerprint density at radius 1 is 0.806 bits per heavy atom. The summed E-state index contributed by atoms with van der Waals surface area (Å²) in [5.74, 6) is 2.64. The van der Waals surface area contributed by atoms with Crippen LogP contribution in [0.3, 0.4) is 0 Å². The van der Waals surface area contributed by atoms with Crippen molar-refractivity contribution in [3.05, 3.63) is 35.4 Å². The molecule has 0 aliphatic heterocycles. The first kappa shape index (κ1) is 24.5. The highest BCUT2D eigenvalue weighted by molar-refractivity contribution is 5.59. The van der Waals surface area contributed by atoms with Crippen LogP contribution in [0.1, 0.15) is 134 Å². The number of unbranched alkanes of at least 4 members (excludes halogenated alkanes) is 3. The van der Waals surface area contributed by atoms with E-state index in [2.05, 4.69) is 38.1 Å². The second-order valence-electron chi connectivity index (χ2n) is 11.0. The van der Waals surface area contributed by atoms with E-state index in [-0.39, 0.29) is 5.41 Å². The second kappa shape index (κ2) is 12.8. The fraction of sp³-hybridized carbons (Fsp3) is 0.767. The number of benzene rings is 1. The molecule has 0 N–H and O–H groups in total. The maximum absolute atomic E-state index is 11.8. The molecule has 0 unspecified atom stereocenters. The fourth-order valence-corrected chi connectivity index (χ4v) is 6.30. The Balaban J connectivity index is 1.39. The summed E-state index contributed by atoms with van der Waals surface area (Å²) in [5.41, 5.74) is 3.02. The topological polar surface area (TPSA) is 17.1 Å². The average Bonchev–Trinajstić information content (AvgIpc) is 2.83. The molecular formula is C30H48O. The fourth-order valence-electron chi connectivity index (χ4n) is 6.30. The molecule has 0 saturated heterocycles. The van der Waals surface area contributed by atoms with E-state index in [0.29, 0.717) is 5.92 Å². The Labute approximate surface area is 192 Å². The van der Waals surface area contributed by atoms with Crippen molar-refractivity contribution in [1.29, 1.82) is 0 Å². The zero-order valence-electron chi connectivity index (χ0n) is 20.5. The maximum atomic E-state index is 11.8. The highest BCUT2D eigenvalue weighted by Crippen LogP contribution is 2.44. The van der Waals surface area contributed by atoms with Crippen LogP contribution in [0.25, 0.3) is 0 Å². The zero-order chi connectivity index (χ0) is 21.9. The quantitative estimate of drug-likeness (QED) is 0.241. The molecule has 0 bridgehead atoms. The van der Waals surface area contributed by atoms with Crippen molar-refractivity contribution in [1.82, 2.24) is 0 Å². The van der Waals surface area contributed by atoms with E-state index in [1.807, 2.05) is 0 Å². The number of carbonyl (C=O) groups is 1. The van der Waals surface area contributed by atoms with Crippen LogP contribution in [0.5, 0.6) is 0 Å². The van der Waals surface area contributed by atoms with Crippen LogP contribution in [0.2, 0.25) is 0 Å². The summed E-state index contributed by atoms with van der Waals surface area (Å²) in [5, 5.41) is 0. The first-order chi connectivity index (χ1) is 15.2. The molecule has 3 rings (SSSR count). The SMILES string of the molecule is CCCCCC1CCC(CCc2ccc(C3CCC(C=O)(CCCC)CC3)cc2)CC1. The largest absolute Gasteiger partial charge is 0.303 e. The average molecular weight is 425 g/mol. The number of rotatable bonds is 12. The lowest BCUT2D eigenvalue weighted by Crippen LogP contribution is -2.28. The molecule has 174 valence electrons. The van der Waals surface area contributed by atoms with Gasteiger partial charge in [-0.05, 0) is 73.8 Å². The number of aryl methyl sites for hydroxylation is 1. The van der Waals surface area contributed by atoms with E-state index in [0.717, 1.165) is 31.1 Å². The number of carbonyl (C=O) groups excluding carboxylic acids is 1. The lowest BCUT2D eigenvalue weighted by molar-refractivity contribution is -0.118. The molecule has 2 aliphatic carbocycles. The summed E-state index contributed by atoms with van der Waals surface area (Å²) >= 11 is 0. The molecule has 0 amide bonds. The van der Waals surface area contributed by atoms with Crippen molar-refractivity contribution in [2.24, 2.45) is 17.3 Å². The highest BCUT2D eigenvalue weighted by atomic mass is 16.1. The molecule has 0 aromatic heterocycles. The third-order valence-corrected chi connectivity index (χ3v) is 8.73. The Morgan fingerprint density at radius 3 is 2.00 bits per heavy atom. The molecular weight excluding hydrogens is 376 g/mol. The molecule has 0 atom stereocenters. The minimum absolute atomic E-state index is 0.0124. The van der Waals surface area contributed by atoms with E-state index >= 15 is 0 Å². The first-order valence-electron chi connectivity index (χ1n) is 13.7. The monoisotopic (exact) mass is 424 g/mol. The predicted molar refractivity (Wildman–Crippen MR) is 134 cm³/mol. The van der Waals surface area contributed by atoms with Gasteiger partial charge in [0.2, 0.25) is 0 Å². The number of hydrogen-bond acceptors (Lipinski definition) is 1. The van der Waals surface area contributed by atoms with Gasteiger partial charge in [0, 0.05) is 5.41 Å². The van der Waals surface area contributed by atoms with Crippen LogP contribution in [-0.2, 0) is 11.2 Å². The molecule has 1 nitrogen and oxygen atoms in total. The van der Waals surface area contributed by atoms with Crippen molar-refractivity contribution in [2.75, 3.05) is 0 Å². The first-order valence-corrected chi connectivity index (χ1v) is 13.7. The summed E-state index contributed by atoms with van der Waals surface area (Å²) < 4.78 is 0. The van der Waals surface area contributed by atoms with Crippen LogP contribution in [0, 0.1) is 17.3 Å². The van der Waals surface area contributed by atoms with Gasteiger partial charge in [0.05, 0.1) is 0 Å². The third-order valence-electron chi connectivity index (χ3n) is 8.73. The standard InChI is InChI=1S/C30H48O/c1-3-5-7-8-25-9-11-26(12-10-25)13-14-27-15-17-28(18-16-27)29-19-22-30(24-31,23-20-29)21-6-4-2/h15-18,24-26,29H,3-14,19-23H2,1-2H3. The van der Waals surface area contributed by atoms with Crippen LogP contribution in [0.15, 0.2) is 24.3 Å². The van der Waals surface area contributed by atoms with Crippen molar-refractivity contribution in [2.45, 2.75) is 129 Å². The van der Waals surface area contributed by atoms with Crippen molar-refractivity contribution in [3.63, 3.8) is 0 Å². The predicted octanol–water partition coefficient (Wildman–Crippen LogP) is 9.04. The summed E-state index contributed by atoms with van der Waals surface area (Å²) in [7, 11) is 0. The Hall–Kier alpha value is -1.11. The normalized spacial score (nSPS) is 29.0. The van der Waals surface area contributed by atoms with Gasteiger partial charge in [-0.15, -0.1) is 0 Å². The van der Waals surface area contributed by atoms with Crippen LogP contribution < -0.4 is 0 Å². The summed E-state index contributed by atoms with van der Waals surface area (Å²) in [6.45, 7) is 4.54. The molecule has 2 fully saturated rings. The van der Waals surface area contributed by atoms with Crippen LogP contribution in [0.4, 0.5) is 0 Å². The molecule has 0 spiro atoms. The van der Waals surface area contributed by atoms with Gasteiger partial charge < -0.3 is 4.79 Å². The summed E-state index contributed by atoms with van der Waals surface area (Å²) in [6, 6.07) is 9.57. The van der Waals surface area contributed by atoms with Gasteiger partial charge >= 0.3 is 0 Å². The van der Waals surface area contributed by atoms with Gasteiger partial charge in [-0.2, -0.15) is 0 Å². The Bertz CT molecular complexity index is 614. The number of hydrogen-bond donors (Lipinski definition) is 0. The van der Waals surface area contributed by atoms with Gasteiger partial charge in [-0.1, -0.05) is 102 Å². The molecule has 0 heterocycles. The molecule has 31 heavy (non-hydrogen) atoms. The highest BCUT2D eigenvalue weighted by Gasteiger charge is 2.34. The zero-order valence-corrected chi connectivity index (χ0v) is 20.5. The van der Waals surface area contributed by atoms with Gasteiger partial charge in [0.25, 0.3) is 0 Å². The smallest absolute Gasteiger partial charge is 0.126 e. The molecule has 2 aliphatic rings. The molecule has 0 radical (unpaired) electrons. The lowest BCUT2D eigenvalue weighted by Gasteiger charge is -2.36. The van der Waals surface area contributed by atoms with E-state index in [1.54, 1.807) is 0 Å². The lowest BCUT2D eigenvalue weighted by atomic mass is 9.67. The maximum Gasteiger partial charge on any atom is 0.126 e. The van der Waals surface area contributed by atoms with E-state index < -0.39 is 0 Å². The molecule has 1 aromatic carbocycles. The van der Waals surface area contributed by atoms with Crippen LogP contribution >= 0.6 is 0 Å². The molecule has 1 heteroatoms. The van der Waals surface area contributed by atoms with E-state index in [9.17, 15) is 4.79 Å². The molecule has 1 aromatic rings. The molecule has 2 saturated carbocycles. The van der Waals surface area contributed by atoms with Crippen molar-refractivity contribution < 1.29 is 4.79 Å². The van der Waals surface area contributed by atoms with Gasteiger partial charge in [0.15, 0.2) is 0 Å². The van der Waals surface area contributed by atoms with Gasteiger partial charge in [-0.3, -0.25) is 0 Å². The van der Waals surface area contributed by atoms with Crippen LogP contribution in [-0.4, -0.2) is 6.29 Å². The number of aldehydes is 1. The minimum atomic E-state index is -0.0124. The summed E-state index contributed by atoms with van der Waals surface area (Å²) in [6.07, 6.45) is 23.6. The van der Waals surface area contributed by atoms with Gasteiger partial charge in [-0.25, -0.2) is 0 Å². The van der Waals surface area contributed by atoms with Gasteiger partial charge in [0.1, 0.15) is 6.29 Å². The van der Waals surface area contributed by atoms with Crippen molar-refractivity contribution >= 4 is 6.29 Å². The summed E-state index contributed by atoms with van der Waals surface area (Å²) in [4.78, 5) is 11.8. The Morgan fingerprint density at radius 2 is 1.42 bits per heavy atom.